The van der Waals surface area contributed by atoms with Crippen molar-refractivity contribution >= 4 is 5.95 Å². The highest BCUT2D eigenvalue weighted by Crippen LogP contribution is 2.17. The highest BCUT2D eigenvalue weighted by Gasteiger charge is 2.11. The number of unbranched alkanes of at least 4 members (excludes halogenated alkanes) is 3. The van der Waals surface area contributed by atoms with Crippen LogP contribution in [0.3, 0.4) is 0 Å². The predicted octanol–water partition coefficient (Wildman–Crippen LogP) is 3.40. The van der Waals surface area contributed by atoms with Crippen LogP contribution < -0.4 is 10.1 Å². The Hall–Kier alpha value is -1.39. The van der Waals surface area contributed by atoms with Gasteiger partial charge in [0.25, 0.3) is 5.88 Å². The summed E-state index contributed by atoms with van der Waals surface area (Å²) in [5.74, 6) is -0.128. The predicted molar refractivity (Wildman–Crippen MR) is 70.4 cm³/mol. The zero-order valence-electron chi connectivity index (χ0n) is 11.4. The molecule has 1 rings (SSSR count). The van der Waals surface area contributed by atoms with E-state index >= 15 is 0 Å². The van der Waals surface area contributed by atoms with Gasteiger partial charge in [-0.25, -0.2) is 4.98 Å². The molecule has 1 aromatic rings. The fourth-order valence-corrected chi connectivity index (χ4v) is 1.66. The molecule has 0 saturated heterocycles. The Morgan fingerprint density at radius 2 is 2.17 bits per heavy atom. The van der Waals surface area contributed by atoms with Crippen molar-refractivity contribution in [2.75, 3.05) is 12.4 Å². The van der Waals surface area contributed by atoms with E-state index < -0.39 is 5.82 Å². The van der Waals surface area contributed by atoms with Crippen LogP contribution in [0, 0.1) is 5.82 Å². The molecule has 1 N–H and O–H groups in total. The SMILES string of the molecule is CCCCCCC(C)Oc1nc(NC)ncc1F. The van der Waals surface area contributed by atoms with Gasteiger partial charge in [0.05, 0.1) is 12.3 Å². The van der Waals surface area contributed by atoms with Gasteiger partial charge >= 0.3 is 0 Å². The number of ether oxygens (including phenoxy) is 1. The van der Waals surface area contributed by atoms with E-state index in [0.29, 0.717) is 5.95 Å². The Labute approximate surface area is 108 Å². The smallest absolute Gasteiger partial charge is 0.255 e. The fourth-order valence-electron chi connectivity index (χ4n) is 1.66. The molecule has 0 saturated carbocycles. The Bertz CT molecular complexity index is 360. The molecule has 0 aromatic carbocycles. The van der Waals surface area contributed by atoms with Crippen LogP contribution in [0.1, 0.15) is 46.0 Å². The minimum Gasteiger partial charge on any atom is -0.472 e. The summed E-state index contributed by atoms with van der Waals surface area (Å²) in [6.45, 7) is 4.11. The van der Waals surface area contributed by atoms with Gasteiger partial charge in [-0.3, -0.25) is 0 Å². The van der Waals surface area contributed by atoms with Crippen molar-refractivity contribution in [1.29, 1.82) is 0 Å². The maximum atomic E-state index is 13.4. The first-order chi connectivity index (χ1) is 8.67. The first kappa shape index (κ1) is 14.7. The average molecular weight is 255 g/mol. The van der Waals surface area contributed by atoms with Crippen molar-refractivity contribution in [2.45, 2.75) is 52.1 Å². The Kier molecular flexibility index (Phi) is 6.39. The zero-order chi connectivity index (χ0) is 13.4. The summed E-state index contributed by atoms with van der Waals surface area (Å²) < 4.78 is 18.9. The van der Waals surface area contributed by atoms with E-state index in [2.05, 4.69) is 22.2 Å². The topological polar surface area (TPSA) is 47.0 Å². The maximum absolute atomic E-state index is 13.4. The molecule has 0 aliphatic heterocycles. The molecule has 0 amide bonds. The number of halogens is 1. The van der Waals surface area contributed by atoms with Crippen LogP contribution in [0.5, 0.6) is 5.88 Å². The van der Waals surface area contributed by atoms with Gasteiger partial charge in [0.2, 0.25) is 11.8 Å². The lowest BCUT2D eigenvalue weighted by atomic mass is 10.1. The lowest BCUT2D eigenvalue weighted by Crippen LogP contribution is -2.14. The first-order valence-electron chi connectivity index (χ1n) is 6.54. The number of rotatable bonds is 8. The van der Waals surface area contributed by atoms with Crippen LogP contribution in [0.4, 0.5) is 10.3 Å². The number of aromatic nitrogens is 2. The molecule has 0 aliphatic rings. The monoisotopic (exact) mass is 255 g/mol. The summed E-state index contributed by atoms with van der Waals surface area (Å²) in [7, 11) is 1.69. The molecule has 0 radical (unpaired) electrons. The van der Waals surface area contributed by atoms with Crippen molar-refractivity contribution in [1.82, 2.24) is 9.97 Å². The molecule has 0 bridgehead atoms. The minimum atomic E-state index is -0.519. The maximum Gasteiger partial charge on any atom is 0.255 e. The number of nitrogens with one attached hydrogen (secondary N) is 1. The summed E-state index contributed by atoms with van der Waals surface area (Å²) >= 11 is 0. The molecular weight excluding hydrogens is 233 g/mol. The van der Waals surface area contributed by atoms with Crippen LogP contribution in [-0.2, 0) is 0 Å². The largest absolute Gasteiger partial charge is 0.472 e. The fraction of sp³-hybridized carbons (Fsp3) is 0.692. The summed E-state index contributed by atoms with van der Waals surface area (Å²) in [6.07, 6.45) is 6.74. The molecule has 102 valence electrons. The third kappa shape index (κ3) is 4.85. The zero-order valence-corrected chi connectivity index (χ0v) is 11.4. The highest BCUT2D eigenvalue weighted by molar-refractivity contribution is 5.27. The lowest BCUT2D eigenvalue weighted by Gasteiger charge is -2.14. The van der Waals surface area contributed by atoms with Crippen molar-refractivity contribution in [2.24, 2.45) is 0 Å². The molecule has 0 fully saturated rings. The average Bonchev–Trinajstić information content (AvgIpc) is 2.37. The molecule has 18 heavy (non-hydrogen) atoms. The number of nitrogens with zero attached hydrogens (tertiary/aromatic N) is 2. The Balaban J connectivity index is 2.45. The van der Waals surface area contributed by atoms with E-state index in [0.717, 1.165) is 19.0 Å². The van der Waals surface area contributed by atoms with Gasteiger partial charge in [-0.05, 0) is 19.8 Å². The third-order valence-corrected chi connectivity index (χ3v) is 2.71. The van der Waals surface area contributed by atoms with Crippen molar-refractivity contribution in [3.8, 4) is 5.88 Å². The molecule has 1 atom stereocenters. The quantitative estimate of drug-likeness (QED) is 0.723. The second kappa shape index (κ2) is 7.84. The minimum absolute atomic E-state index is 0.0253. The number of hydrogen-bond acceptors (Lipinski definition) is 4. The molecule has 4 nitrogen and oxygen atoms in total. The van der Waals surface area contributed by atoms with Crippen molar-refractivity contribution in [3.63, 3.8) is 0 Å². The van der Waals surface area contributed by atoms with Gasteiger partial charge in [0.15, 0.2) is 0 Å². The standard InChI is InChI=1S/C13H22FN3O/c1-4-5-6-7-8-10(2)18-12-11(14)9-16-13(15-3)17-12/h9-10H,4-8H2,1-3H3,(H,15,16,17). The van der Waals surface area contributed by atoms with E-state index in [1.54, 1.807) is 7.05 Å². The molecule has 1 aromatic heterocycles. The second-order valence-electron chi connectivity index (χ2n) is 4.37. The molecule has 1 unspecified atom stereocenters. The van der Waals surface area contributed by atoms with Crippen LogP contribution in [0.15, 0.2) is 6.20 Å². The van der Waals surface area contributed by atoms with Crippen LogP contribution in [0.25, 0.3) is 0 Å². The van der Waals surface area contributed by atoms with Gasteiger partial charge in [-0.15, -0.1) is 0 Å². The van der Waals surface area contributed by atoms with Crippen LogP contribution >= 0.6 is 0 Å². The Morgan fingerprint density at radius 1 is 1.39 bits per heavy atom. The number of hydrogen-bond donors (Lipinski definition) is 1. The summed E-state index contributed by atoms with van der Waals surface area (Å²) in [4.78, 5) is 7.73. The second-order valence-corrected chi connectivity index (χ2v) is 4.37. The molecule has 0 spiro atoms. The summed E-state index contributed by atoms with van der Waals surface area (Å²) in [5.41, 5.74) is 0. The van der Waals surface area contributed by atoms with Crippen LogP contribution in [0.2, 0.25) is 0 Å². The normalized spacial score (nSPS) is 12.2. The van der Waals surface area contributed by atoms with Crippen molar-refractivity contribution in [3.05, 3.63) is 12.0 Å². The Morgan fingerprint density at radius 3 is 2.83 bits per heavy atom. The number of anilines is 1. The van der Waals surface area contributed by atoms with Gasteiger partial charge < -0.3 is 10.1 Å². The van der Waals surface area contributed by atoms with E-state index in [-0.39, 0.29) is 12.0 Å². The molecule has 1 heterocycles. The third-order valence-electron chi connectivity index (χ3n) is 2.71. The van der Waals surface area contributed by atoms with Gasteiger partial charge in [-0.1, -0.05) is 26.2 Å². The molecule has 0 aliphatic carbocycles. The van der Waals surface area contributed by atoms with Gasteiger partial charge in [-0.2, -0.15) is 9.37 Å². The molecule has 5 heteroatoms. The highest BCUT2D eigenvalue weighted by atomic mass is 19.1. The van der Waals surface area contributed by atoms with Crippen LogP contribution in [-0.4, -0.2) is 23.1 Å². The van der Waals surface area contributed by atoms with Gasteiger partial charge in [0.1, 0.15) is 0 Å². The summed E-state index contributed by atoms with van der Waals surface area (Å²) in [5, 5.41) is 2.76. The van der Waals surface area contributed by atoms with E-state index in [9.17, 15) is 4.39 Å². The summed E-state index contributed by atoms with van der Waals surface area (Å²) in [6, 6.07) is 0. The van der Waals surface area contributed by atoms with E-state index in [1.165, 1.54) is 19.3 Å². The van der Waals surface area contributed by atoms with E-state index in [4.69, 9.17) is 4.74 Å². The van der Waals surface area contributed by atoms with E-state index in [1.807, 2.05) is 6.92 Å². The lowest BCUT2D eigenvalue weighted by molar-refractivity contribution is 0.188. The van der Waals surface area contributed by atoms with Crippen molar-refractivity contribution < 1.29 is 9.13 Å². The first-order valence-corrected chi connectivity index (χ1v) is 6.54. The molecular formula is C13H22FN3O. The van der Waals surface area contributed by atoms with Gasteiger partial charge in [0, 0.05) is 7.05 Å².